The van der Waals surface area contributed by atoms with Crippen LogP contribution in [0.5, 0.6) is 5.75 Å². The Morgan fingerprint density at radius 1 is 0.897 bits per heavy atom. The first kappa shape index (κ1) is 28.3. The van der Waals surface area contributed by atoms with E-state index < -0.39 is 11.6 Å². The highest BCUT2D eigenvalue weighted by Crippen LogP contribution is 2.33. The molecule has 0 aliphatic carbocycles. The molecule has 4 aromatic rings. The van der Waals surface area contributed by atoms with E-state index in [0.29, 0.717) is 17.7 Å². The van der Waals surface area contributed by atoms with E-state index in [1.807, 2.05) is 87.5 Å². The molecule has 0 unspecified atom stereocenters. The summed E-state index contributed by atoms with van der Waals surface area (Å²) in [6.07, 6.45) is 0.315. The minimum Gasteiger partial charge on any atom is -0.483 e. The molecule has 5 nitrogen and oxygen atoms in total. The van der Waals surface area contributed by atoms with E-state index >= 15 is 0 Å². The van der Waals surface area contributed by atoms with E-state index in [1.165, 1.54) is 17.0 Å². The number of carbonyl (C=O) groups excluding carboxylic acids is 2. The number of amides is 2. The lowest BCUT2D eigenvalue weighted by Gasteiger charge is -2.33. The Labute approximate surface area is 237 Å². The lowest BCUT2D eigenvalue weighted by Crippen LogP contribution is -2.55. The highest BCUT2D eigenvalue weighted by molar-refractivity contribution is 9.10. The summed E-state index contributed by atoms with van der Waals surface area (Å²) < 4.78 is 20.4. The number of hydrogen-bond acceptors (Lipinski definition) is 3. The van der Waals surface area contributed by atoms with Gasteiger partial charge in [0.05, 0.1) is 4.47 Å². The Bertz CT molecular complexity index is 1440. The van der Waals surface area contributed by atoms with Gasteiger partial charge in [-0.05, 0) is 76.8 Å². The third kappa shape index (κ3) is 7.67. The van der Waals surface area contributed by atoms with Crippen LogP contribution in [0.25, 0.3) is 10.8 Å². The second kappa shape index (κ2) is 12.4. The predicted molar refractivity (Wildman–Crippen MR) is 156 cm³/mol. The summed E-state index contributed by atoms with van der Waals surface area (Å²) in [4.78, 5) is 28.9. The van der Waals surface area contributed by atoms with Crippen molar-refractivity contribution >= 4 is 38.5 Å². The number of ether oxygens (including phenoxy) is 1. The fourth-order valence-electron chi connectivity index (χ4n) is 4.34. The Balaban J connectivity index is 1.65. The second-order valence-corrected chi connectivity index (χ2v) is 11.3. The van der Waals surface area contributed by atoms with E-state index in [1.54, 1.807) is 12.1 Å². The molecule has 0 saturated heterocycles. The number of fused-ring (bicyclic) bond motifs is 1. The van der Waals surface area contributed by atoms with Gasteiger partial charge in [-0.15, -0.1) is 0 Å². The number of hydrogen-bond donors (Lipinski definition) is 1. The van der Waals surface area contributed by atoms with Crippen molar-refractivity contribution in [1.82, 2.24) is 10.2 Å². The first-order valence-electron chi connectivity index (χ1n) is 12.8. The molecule has 202 valence electrons. The van der Waals surface area contributed by atoms with Gasteiger partial charge < -0.3 is 15.0 Å². The molecule has 0 aromatic heterocycles. The van der Waals surface area contributed by atoms with E-state index in [9.17, 15) is 14.0 Å². The lowest BCUT2D eigenvalue weighted by atomic mass is 10.0. The summed E-state index contributed by atoms with van der Waals surface area (Å²) >= 11 is 3.61. The van der Waals surface area contributed by atoms with E-state index in [-0.39, 0.29) is 30.8 Å². The molecule has 1 N–H and O–H groups in total. The summed E-state index contributed by atoms with van der Waals surface area (Å²) in [6.45, 7) is 5.55. The van der Waals surface area contributed by atoms with Crippen LogP contribution in [-0.2, 0) is 22.6 Å². The third-order valence-electron chi connectivity index (χ3n) is 6.21. The van der Waals surface area contributed by atoms with Crippen LogP contribution < -0.4 is 10.1 Å². The zero-order valence-electron chi connectivity index (χ0n) is 22.3. The average molecular weight is 592 g/mol. The zero-order valence-corrected chi connectivity index (χ0v) is 23.9. The van der Waals surface area contributed by atoms with Gasteiger partial charge in [-0.2, -0.15) is 0 Å². The van der Waals surface area contributed by atoms with Crippen molar-refractivity contribution in [2.45, 2.75) is 45.3 Å². The Kier molecular flexibility index (Phi) is 9.02. The first-order valence-corrected chi connectivity index (χ1v) is 13.6. The van der Waals surface area contributed by atoms with Gasteiger partial charge in [-0.1, -0.05) is 72.8 Å². The molecule has 0 heterocycles. The molecule has 1 atom stereocenters. The van der Waals surface area contributed by atoms with Crippen LogP contribution in [0, 0.1) is 5.82 Å². The minimum absolute atomic E-state index is 0.121. The fraction of sp³-hybridized carbons (Fsp3) is 0.250. The number of benzene rings is 4. The van der Waals surface area contributed by atoms with E-state index in [4.69, 9.17) is 4.74 Å². The molecule has 2 amide bonds. The van der Waals surface area contributed by atoms with Crippen LogP contribution in [0.3, 0.4) is 0 Å². The van der Waals surface area contributed by atoms with Crippen LogP contribution >= 0.6 is 15.9 Å². The van der Waals surface area contributed by atoms with Crippen LogP contribution in [0.15, 0.2) is 95.5 Å². The molecule has 0 bridgehead atoms. The SMILES string of the molecule is CC(C)(C)NC(=O)[C@H](Cc1ccccc1)N(Cc1ccc(F)cc1)C(=O)COc1ccc2ccccc2c1Br. The van der Waals surface area contributed by atoms with Crippen molar-refractivity contribution in [2.75, 3.05) is 6.61 Å². The molecule has 0 spiro atoms. The Hall–Kier alpha value is -3.71. The zero-order chi connectivity index (χ0) is 28.0. The lowest BCUT2D eigenvalue weighted by molar-refractivity contribution is -0.143. The molecule has 39 heavy (non-hydrogen) atoms. The molecule has 0 aliphatic heterocycles. The van der Waals surface area contributed by atoms with Crippen LogP contribution in [-0.4, -0.2) is 34.9 Å². The van der Waals surface area contributed by atoms with Gasteiger partial charge in [0.25, 0.3) is 5.91 Å². The topological polar surface area (TPSA) is 58.6 Å². The third-order valence-corrected chi connectivity index (χ3v) is 7.03. The number of nitrogens with one attached hydrogen (secondary N) is 1. The smallest absolute Gasteiger partial charge is 0.261 e. The molecule has 7 heteroatoms. The van der Waals surface area contributed by atoms with E-state index in [2.05, 4.69) is 21.2 Å². The molecule has 4 aromatic carbocycles. The first-order chi connectivity index (χ1) is 18.6. The number of halogens is 2. The number of nitrogens with zero attached hydrogens (tertiary/aromatic N) is 1. The standard InChI is InChI=1S/C32H32BrFN2O3/c1-32(2,3)35-31(38)27(19-22-9-5-4-6-10-22)36(20-23-13-16-25(34)17-14-23)29(37)21-39-28-18-15-24-11-7-8-12-26(24)30(28)33/h4-18,27H,19-21H2,1-3H3,(H,35,38)/t27-/m0/s1. The van der Waals surface area contributed by atoms with E-state index in [0.717, 1.165) is 20.8 Å². The Morgan fingerprint density at radius 2 is 1.56 bits per heavy atom. The predicted octanol–water partition coefficient (Wildman–Crippen LogP) is 6.68. The van der Waals surface area contributed by atoms with Crippen molar-refractivity contribution in [3.05, 3.63) is 112 Å². The summed E-state index contributed by atoms with van der Waals surface area (Å²) in [5, 5.41) is 5.05. The maximum Gasteiger partial charge on any atom is 0.261 e. The summed E-state index contributed by atoms with van der Waals surface area (Å²) in [6, 6.07) is 26.3. The highest BCUT2D eigenvalue weighted by atomic mass is 79.9. The maximum absolute atomic E-state index is 13.8. The fourth-order valence-corrected chi connectivity index (χ4v) is 4.95. The molecule has 0 aliphatic rings. The van der Waals surface area contributed by atoms with Crippen molar-refractivity contribution in [3.8, 4) is 5.75 Å². The van der Waals surface area contributed by atoms with Crippen molar-refractivity contribution in [2.24, 2.45) is 0 Å². The summed E-state index contributed by atoms with van der Waals surface area (Å²) in [5.41, 5.74) is 1.13. The van der Waals surface area contributed by atoms with Gasteiger partial charge in [0.2, 0.25) is 5.91 Å². The highest BCUT2D eigenvalue weighted by Gasteiger charge is 2.32. The van der Waals surface area contributed by atoms with Crippen molar-refractivity contribution in [1.29, 1.82) is 0 Å². The van der Waals surface area contributed by atoms with Gasteiger partial charge in [0.15, 0.2) is 6.61 Å². The molecular formula is C32H32BrFN2O3. The molecule has 0 saturated carbocycles. The molecular weight excluding hydrogens is 559 g/mol. The molecule has 0 fully saturated rings. The van der Waals surface area contributed by atoms with Gasteiger partial charge in [-0.25, -0.2) is 4.39 Å². The van der Waals surface area contributed by atoms with Gasteiger partial charge >= 0.3 is 0 Å². The second-order valence-electron chi connectivity index (χ2n) is 10.5. The average Bonchev–Trinajstić information content (AvgIpc) is 2.91. The Morgan fingerprint density at radius 3 is 2.26 bits per heavy atom. The maximum atomic E-state index is 13.8. The van der Waals surface area contributed by atoms with Crippen LogP contribution in [0.2, 0.25) is 0 Å². The van der Waals surface area contributed by atoms with Gasteiger partial charge in [0, 0.05) is 18.5 Å². The largest absolute Gasteiger partial charge is 0.483 e. The minimum atomic E-state index is -0.812. The van der Waals surface area contributed by atoms with Crippen LogP contribution in [0.4, 0.5) is 4.39 Å². The summed E-state index contributed by atoms with van der Waals surface area (Å²) in [5.74, 6) is -0.465. The number of rotatable bonds is 9. The normalized spacial score (nSPS) is 12.1. The van der Waals surface area contributed by atoms with Gasteiger partial charge in [0.1, 0.15) is 17.6 Å². The number of carbonyl (C=O) groups is 2. The summed E-state index contributed by atoms with van der Waals surface area (Å²) in [7, 11) is 0. The van der Waals surface area contributed by atoms with Crippen molar-refractivity contribution < 1.29 is 18.7 Å². The molecule has 4 rings (SSSR count). The van der Waals surface area contributed by atoms with Gasteiger partial charge in [-0.3, -0.25) is 9.59 Å². The molecule has 0 radical (unpaired) electrons. The monoisotopic (exact) mass is 590 g/mol. The quantitative estimate of drug-likeness (QED) is 0.237. The van der Waals surface area contributed by atoms with Crippen LogP contribution in [0.1, 0.15) is 31.9 Å². The van der Waals surface area contributed by atoms with Crippen molar-refractivity contribution in [3.63, 3.8) is 0 Å².